The summed E-state index contributed by atoms with van der Waals surface area (Å²) in [5.41, 5.74) is 0.0642. The van der Waals surface area contributed by atoms with Crippen molar-refractivity contribution >= 4 is 21.8 Å². The molecule has 1 heterocycles. The number of ether oxygens (including phenoxy) is 1. The Kier molecular flexibility index (Phi) is 2.81. The molecule has 4 heteroatoms. The van der Waals surface area contributed by atoms with Crippen molar-refractivity contribution in [1.82, 2.24) is 4.98 Å². The van der Waals surface area contributed by atoms with Gasteiger partial charge in [0, 0.05) is 10.5 Å². The second kappa shape index (κ2) is 3.67. The predicted molar refractivity (Wildman–Crippen MR) is 47.3 cm³/mol. The zero-order valence-corrected chi connectivity index (χ0v) is 7.93. The highest BCUT2D eigenvalue weighted by molar-refractivity contribution is 9.10. The molecule has 63 valence electrons. The van der Waals surface area contributed by atoms with E-state index in [9.17, 15) is 4.39 Å². The van der Waals surface area contributed by atoms with Gasteiger partial charge in [-0.3, -0.25) is 0 Å². The lowest BCUT2D eigenvalue weighted by Gasteiger charge is -2.02. The van der Waals surface area contributed by atoms with Crippen LogP contribution in [0.3, 0.4) is 0 Å². The molecule has 0 aromatic carbocycles. The number of rotatable bonds is 2. The standard InChI is InChI=1S/C8H6BrFNO/c1-5(10)8-6(9)3-4-7(11-8)12-2/h1,3-4H,2H3. The Labute approximate surface area is 78.2 Å². The van der Waals surface area contributed by atoms with Crippen molar-refractivity contribution in [3.8, 4) is 5.88 Å². The van der Waals surface area contributed by atoms with Gasteiger partial charge in [-0.1, -0.05) is 0 Å². The number of nitrogens with zero attached hydrogens (tertiary/aromatic N) is 1. The zero-order valence-electron chi connectivity index (χ0n) is 6.34. The Balaban J connectivity index is 3.17. The van der Waals surface area contributed by atoms with Gasteiger partial charge in [0.2, 0.25) is 5.88 Å². The first-order valence-corrected chi connectivity index (χ1v) is 3.93. The molecule has 0 spiro atoms. The normalized spacial score (nSPS) is 9.58. The molecule has 1 aromatic rings. The fourth-order valence-electron chi connectivity index (χ4n) is 0.705. The monoisotopic (exact) mass is 230 g/mol. The van der Waals surface area contributed by atoms with Crippen molar-refractivity contribution in [2.75, 3.05) is 7.11 Å². The van der Waals surface area contributed by atoms with Crippen molar-refractivity contribution in [3.63, 3.8) is 0 Å². The van der Waals surface area contributed by atoms with Crippen LogP contribution in [-0.2, 0) is 0 Å². The highest BCUT2D eigenvalue weighted by atomic mass is 79.9. The van der Waals surface area contributed by atoms with Crippen LogP contribution in [0.2, 0.25) is 0 Å². The van der Waals surface area contributed by atoms with E-state index in [-0.39, 0.29) is 5.69 Å². The van der Waals surface area contributed by atoms with Gasteiger partial charge in [-0.15, -0.1) is 0 Å². The lowest BCUT2D eigenvalue weighted by Crippen LogP contribution is -1.91. The quantitative estimate of drug-likeness (QED) is 0.780. The number of hydrogen-bond acceptors (Lipinski definition) is 2. The predicted octanol–water partition coefficient (Wildman–Crippen LogP) is 2.60. The Morgan fingerprint density at radius 1 is 1.67 bits per heavy atom. The maximum absolute atomic E-state index is 12.6. The van der Waals surface area contributed by atoms with Crippen LogP contribution in [0.15, 0.2) is 16.6 Å². The third-order valence-corrected chi connectivity index (χ3v) is 1.90. The van der Waals surface area contributed by atoms with Crippen LogP contribution in [0.25, 0.3) is 5.83 Å². The van der Waals surface area contributed by atoms with Crippen molar-refractivity contribution in [3.05, 3.63) is 28.9 Å². The van der Waals surface area contributed by atoms with Gasteiger partial charge < -0.3 is 4.74 Å². The molecule has 0 saturated carbocycles. The molecule has 1 rings (SSSR count). The molecule has 0 saturated heterocycles. The summed E-state index contributed by atoms with van der Waals surface area (Å²) in [4.78, 5) is 3.78. The molecule has 0 aliphatic heterocycles. The first-order chi connectivity index (χ1) is 5.65. The van der Waals surface area contributed by atoms with E-state index >= 15 is 0 Å². The molecule has 0 fully saturated rings. The lowest BCUT2D eigenvalue weighted by molar-refractivity contribution is 0.397. The second-order valence-electron chi connectivity index (χ2n) is 2.03. The van der Waals surface area contributed by atoms with Crippen LogP contribution in [0, 0.1) is 6.58 Å². The third kappa shape index (κ3) is 1.82. The highest BCUT2D eigenvalue weighted by Crippen LogP contribution is 2.24. The molecule has 1 aromatic heterocycles. The minimum atomic E-state index is -0.833. The van der Waals surface area contributed by atoms with Crippen molar-refractivity contribution in [2.45, 2.75) is 0 Å². The van der Waals surface area contributed by atoms with Crippen molar-refractivity contribution in [2.24, 2.45) is 0 Å². The van der Waals surface area contributed by atoms with Gasteiger partial charge in [0.05, 0.1) is 7.11 Å². The Morgan fingerprint density at radius 2 is 2.33 bits per heavy atom. The number of pyridine rings is 1. The maximum Gasteiger partial charge on any atom is 0.213 e. The summed E-state index contributed by atoms with van der Waals surface area (Å²) in [6.45, 7) is 4.94. The maximum atomic E-state index is 12.6. The third-order valence-electron chi connectivity index (χ3n) is 1.26. The molecular formula is C8H6BrFNO. The van der Waals surface area contributed by atoms with Gasteiger partial charge in [0.25, 0.3) is 0 Å². The molecule has 0 unspecified atom stereocenters. The Hall–Kier alpha value is -0.900. The molecule has 0 aliphatic rings. The van der Waals surface area contributed by atoms with Gasteiger partial charge in [-0.2, -0.15) is 0 Å². The van der Waals surface area contributed by atoms with E-state index in [0.29, 0.717) is 10.4 Å². The second-order valence-corrected chi connectivity index (χ2v) is 2.89. The molecule has 0 atom stereocenters. The summed E-state index contributed by atoms with van der Waals surface area (Å²) in [6.07, 6.45) is 0. The number of aromatic nitrogens is 1. The number of halogens is 2. The average molecular weight is 231 g/mol. The van der Waals surface area contributed by atoms with Crippen LogP contribution in [0.5, 0.6) is 5.88 Å². The lowest BCUT2D eigenvalue weighted by atomic mass is 10.3. The summed E-state index contributed by atoms with van der Waals surface area (Å²) in [5, 5.41) is 0. The molecular weight excluding hydrogens is 225 g/mol. The smallest absolute Gasteiger partial charge is 0.213 e. The SMILES string of the molecule is [CH]=C(F)c1nc(OC)ccc1Br. The van der Waals surface area contributed by atoms with E-state index in [1.807, 2.05) is 0 Å². The van der Waals surface area contributed by atoms with Gasteiger partial charge >= 0.3 is 0 Å². The van der Waals surface area contributed by atoms with Crippen LogP contribution >= 0.6 is 15.9 Å². The summed E-state index contributed by atoms with van der Waals surface area (Å²) in [5.74, 6) is -0.505. The van der Waals surface area contributed by atoms with Crippen LogP contribution < -0.4 is 4.74 Å². The molecule has 0 amide bonds. The molecule has 0 N–H and O–H groups in total. The van der Waals surface area contributed by atoms with E-state index in [2.05, 4.69) is 20.9 Å². The summed E-state index contributed by atoms with van der Waals surface area (Å²) in [6, 6.07) is 3.23. The van der Waals surface area contributed by atoms with Crippen LogP contribution in [0.1, 0.15) is 5.69 Å². The number of methoxy groups -OCH3 is 1. The van der Waals surface area contributed by atoms with Crippen molar-refractivity contribution in [1.29, 1.82) is 0 Å². The highest BCUT2D eigenvalue weighted by Gasteiger charge is 2.06. The van der Waals surface area contributed by atoms with Gasteiger partial charge in [0.1, 0.15) is 11.5 Å². The number of hydrogen-bond donors (Lipinski definition) is 0. The van der Waals surface area contributed by atoms with Gasteiger partial charge in [-0.05, 0) is 28.6 Å². The van der Waals surface area contributed by atoms with Gasteiger partial charge in [0.15, 0.2) is 0 Å². The minimum Gasteiger partial charge on any atom is -0.481 e. The van der Waals surface area contributed by atoms with E-state index in [0.717, 1.165) is 0 Å². The van der Waals surface area contributed by atoms with E-state index < -0.39 is 5.83 Å². The largest absolute Gasteiger partial charge is 0.481 e. The first-order valence-electron chi connectivity index (χ1n) is 3.14. The first kappa shape index (κ1) is 9.19. The Morgan fingerprint density at radius 3 is 2.83 bits per heavy atom. The van der Waals surface area contributed by atoms with Crippen LogP contribution in [0.4, 0.5) is 4.39 Å². The van der Waals surface area contributed by atoms with E-state index in [1.54, 1.807) is 12.1 Å². The molecule has 1 radical (unpaired) electrons. The van der Waals surface area contributed by atoms with E-state index in [1.165, 1.54) is 7.11 Å². The zero-order chi connectivity index (χ0) is 9.14. The molecule has 0 bridgehead atoms. The van der Waals surface area contributed by atoms with E-state index in [4.69, 9.17) is 11.3 Å². The summed E-state index contributed by atoms with van der Waals surface area (Å²) < 4.78 is 17.9. The Bertz CT molecular complexity index is 314. The van der Waals surface area contributed by atoms with Crippen molar-refractivity contribution < 1.29 is 9.13 Å². The fourth-order valence-corrected chi connectivity index (χ4v) is 1.12. The molecule has 12 heavy (non-hydrogen) atoms. The topological polar surface area (TPSA) is 22.1 Å². The van der Waals surface area contributed by atoms with Gasteiger partial charge in [-0.25, -0.2) is 9.37 Å². The fraction of sp³-hybridized carbons (Fsp3) is 0.125. The molecule has 0 aliphatic carbocycles. The summed E-state index contributed by atoms with van der Waals surface area (Å²) >= 11 is 3.10. The summed E-state index contributed by atoms with van der Waals surface area (Å²) in [7, 11) is 1.45. The average Bonchev–Trinajstić information content (AvgIpc) is 2.05. The minimum absolute atomic E-state index is 0.0642. The molecule has 2 nitrogen and oxygen atoms in total. The van der Waals surface area contributed by atoms with Crippen LogP contribution in [-0.4, -0.2) is 12.1 Å².